The number of hydrogen-bond acceptors (Lipinski definition) is 4. The summed E-state index contributed by atoms with van der Waals surface area (Å²) in [5.41, 5.74) is 4.38. The number of amidine groups is 1. The third-order valence-electron chi connectivity index (χ3n) is 3.25. The quantitative estimate of drug-likeness (QED) is 0.330. The number of benzene rings is 1. The average Bonchev–Trinajstić information content (AvgIpc) is 2.97. The third-order valence-corrected chi connectivity index (χ3v) is 3.25. The number of ether oxygens (including phenoxy) is 1. The van der Waals surface area contributed by atoms with Crippen LogP contribution in [0.2, 0.25) is 0 Å². The van der Waals surface area contributed by atoms with E-state index in [0.29, 0.717) is 12.2 Å². The summed E-state index contributed by atoms with van der Waals surface area (Å²) in [6, 6.07) is 7.48. The second kappa shape index (κ2) is 6.95. The predicted octanol–water partition coefficient (Wildman–Crippen LogP) is 3.21. The fourth-order valence-corrected chi connectivity index (χ4v) is 2.26. The van der Waals surface area contributed by atoms with Gasteiger partial charge in [-0.1, -0.05) is 0 Å². The molecule has 0 spiro atoms. The lowest BCUT2D eigenvalue weighted by Gasteiger charge is -2.14. The first kappa shape index (κ1) is 15.1. The van der Waals surface area contributed by atoms with E-state index < -0.39 is 0 Å². The molecule has 5 nitrogen and oxygen atoms in total. The van der Waals surface area contributed by atoms with Gasteiger partial charge in [0, 0.05) is 12.0 Å². The van der Waals surface area contributed by atoms with Crippen LogP contribution in [-0.4, -0.2) is 17.6 Å². The Morgan fingerprint density at radius 2 is 2.05 bits per heavy atom. The van der Waals surface area contributed by atoms with Crippen LogP contribution < -0.4 is 10.2 Å². The standard InChI is InChI=1S/C16H20N2O3/c1-11-9-13(16(17)18-19)10-12(2)15(11)21-8-4-6-14-5-3-7-20-14/h3,5,7,9-10,19H,4,6,8H2,1-2H3,(H2,17,18). The van der Waals surface area contributed by atoms with Crippen molar-refractivity contribution in [2.45, 2.75) is 26.7 Å². The molecule has 5 heteroatoms. The van der Waals surface area contributed by atoms with Gasteiger partial charge in [0.05, 0.1) is 12.9 Å². The van der Waals surface area contributed by atoms with Gasteiger partial charge >= 0.3 is 0 Å². The summed E-state index contributed by atoms with van der Waals surface area (Å²) in [6.45, 7) is 4.48. The van der Waals surface area contributed by atoms with Crippen molar-refractivity contribution in [3.05, 3.63) is 53.0 Å². The molecule has 0 aliphatic heterocycles. The van der Waals surface area contributed by atoms with E-state index in [4.69, 9.17) is 19.8 Å². The summed E-state index contributed by atoms with van der Waals surface area (Å²) in [5, 5.41) is 16.4. The molecule has 0 saturated carbocycles. The Kier molecular flexibility index (Phi) is 5.00. The maximum atomic E-state index is 8.79. The minimum atomic E-state index is -0.0226. The molecule has 1 aromatic heterocycles. The normalized spacial score (nSPS) is 10.4. The Morgan fingerprint density at radius 3 is 2.62 bits per heavy atom. The van der Waals surface area contributed by atoms with Crippen LogP contribution in [0.4, 0.5) is 0 Å². The van der Waals surface area contributed by atoms with Crippen molar-refractivity contribution in [3.8, 4) is 5.75 Å². The topological polar surface area (TPSA) is 78.5 Å². The molecule has 2 aromatic rings. The predicted molar refractivity (Wildman–Crippen MR) is 80.2 cm³/mol. The van der Waals surface area contributed by atoms with Gasteiger partial charge in [0.25, 0.3) is 0 Å². The van der Waals surface area contributed by atoms with Crippen LogP contribution in [0.1, 0.15) is 28.9 Å². The van der Waals surface area contributed by atoms with Gasteiger partial charge in [-0.15, -0.1) is 0 Å². The van der Waals surface area contributed by atoms with Crippen molar-refractivity contribution in [1.82, 2.24) is 5.48 Å². The Balaban J connectivity index is 1.95. The second-order valence-electron chi connectivity index (χ2n) is 4.96. The lowest BCUT2D eigenvalue weighted by atomic mass is 10.1. The van der Waals surface area contributed by atoms with E-state index in [2.05, 4.69) is 0 Å². The van der Waals surface area contributed by atoms with Crippen molar-refractivity contribution in [1.29, 1.82) is 5.41 Å². The monoisotopic (exact) mass is 288 g/mol. The molecule has 2 rings (SSSR count). The molecule has 0 aliphatic rings. The van der Waals surface area contributed by atoms with Crippen molar-refractivity contribution < 1.29 is 14.4 Å². The highest BCUT2D eigenvalue weighted by Gasteiger charge is 2.09. The van der Waals surface area contributed by atoms with E-state index in [9.17, 15) is 0 Å². The summed E-state index contributed by atoms with van der Waals surface area (Å²) in [5.74, 6) is 1.78. The van der Waals surface area contributed by atoms with Gasteiger partial charge in [-0.05, 0) is 55.7 Å². The number of hydrogen-bond donors (Lipinski definition) is 3. The first-order valence-corrected chi connectivity index (χ1v) is 6.87. The van der Waals surface area contributed by atoms with E-state index >= 15 is 0 Å². The van der Waals surface area contributed by atoms with Crippen LogP contribution in [0.25, 0.3) is 0 Å². The van der Waals surface area contributed by atoms with Crippen LogP contribution in [-0.2, 0) is 6.42 Å². The minimum Gasteiger partial charge on any atom is -0.493 e. The van der Waals surface area contributed by atoms with Gasteiger partial charge in [-0.25, -0.2) is 0 Å². The highest BCUT2D eigenvalue weighted by molar-refractivity contribution is 5.96. The van der Waals surface area contributed by atoms with Crippen LogP contribution >= 0.6 is 0 Å². The lowest BCUT2D eigenvalue weighted by molar-refractivity contribution is 0.234. The van der Waals surface area contributed by atoms with E-state index in [1.807, 2.05) is 43.6 Å². The number of rotatable bonds is 6. The summed E-state index contributed by atoms with van der Waals surface area (Å²) in [4.78, 5) is 0. The molecule has 3 N–H and O–H groups in total. The van der Waals surface area contributed by atoms with Crippen LogP contribution in [0.5, 0.6) is 5.75 Å². The van der Waals surface area contributed by atoms with Crippen molar-refractivity contribution in [2.24, 2.45) is 0 Å². The lowest BCUT2D eigenvalue weighted by Crippen LogP contribution is -2.19. The maximum absolute atomic E-state index is 8.79. The number of aryl methyl sites for hydroxylation is 3. The van der Waals surface area contributed by atoms with Gasteiger partial charge in [0.15, 0.2) is 0 Å². The molecule has 112 valence electrons. The summed E-state index contributed by atoms with van der Waals surface area (Å²) in [6.07, 6.45) is 3.40. The second-order valence-corrected chi connectivity index (χ2v) is 4.96. The van der Waals surface area contributed by atoms with E-state index in [1.165, 1.54) is 0 Å². The van der Waals surface area contributed by atoms with Crippen LogP contribution in [0.3, 0.4) is 0 Å². The summed E-state index contributed by atoms with van der Waals surface area (Å²) < 4.78 is 11.1. The third kappa shape index (κ3) is 3.86. The molecule has 21 heavy (non-hydrogen) atoms. The zero-order valence-electron chi connectivity index (χ0n) is 12.3. The van der Waals surface area contributed by atoms with Gasteiger partial charge in [0.2, 0.25) is 0 Å². The van der Waals surface area contributed by atoms with Crippen molar-refractivity contribution in [3.63, 3.8) is 0 Å². The Labute approximate surface area is 124 Å². The highest BCUT2D eigenvalue weighted by atomic mass is 16.5. The fourth-order valence-electron chi connectivity index (χ4n) is 2.26. The van der Waals surface area contributed by atoms with Gasteiger partial charge in [-0.2, -0.15) is 0 Å². The number of furan rings is 1. The molecule has 0 saturated heterocycles. The van der Waals surface area contributed by atoms with Crippen LogP contribution in [0.15, 0.2) is 34.9 Å². The Bertz CT molecular complexity index is 583. The first-order chi connectivity index (χ1) is 10.1. The Hall–Kier alpha value is -2.27. The van der Waals surface area contributed by atoms with Crippen LogP contribution in [0, 0.1) is 19.3 Å². The Morgan fingerprint density at radius 1 is 1.33 bits per heavy atom. The molecular weight excluding hydrogens is 268 g/mol. The summed E-state index contributed by atoms with van der Waals surface area (Å²) >= 11 is 0. The number of hydroxylamine groups is 1. The summed E-state index contributed by atoms with van der Waals surface area (Å²) in [7, 11) is 0. The van der Waals surface area contributed by atoms with E-state index in [0.717, 1.165) is 35.5 Å². The molecule has 0 amide bonds. The average molecular weight is 288 g/mol. The minimum absolute atomic E-state index is 0.0226. The fraction of sp³-hybridized carbons (Fsp3) is 0.312. The van der Waals surface area contributed by atoms with Crippen molar-refractivity contribution >= 4 is 5.84 Å². The molecule has 0 bridgehead atoms. The molecule has 0 fully saturated rings. The van der Waals surface area contributed by atoms with Gasteiger partial charge in [-0.3, -0.25) is 16.1 Å². The zero-order valence-corrected chi connectivity index (χ0v) is 12.3. The molecular formula is C16H20N2O3. The van der Waals surface area contributed by atoms with Gasteiger partial charge < -0.3 is 9.15 Å². The molecule has 1 heterocycles. The first-order valence-electron chi connectivity index (χ1n) is 6.87. The SMILES string of the molecule is Cc1cc(C(=N)NO)cc(C)c1OCCCc1ccco1. The number of nitrogens with one attached hydrogen (secondary N) is 2. The van der Waals surface area contributed by atoms with Gasteiger partial charge in [0.1, 0.15) is 17.3 Å². The molecule has 0 atom stereocenters. The molecule has 0 unspecified atom stereocenters. The maximum Gasteiger partial charge on any atom is 0.149 e. The molecule has 0 aliphatic carbocycles. The van der Waals surface area contributed by atoms with E-state index in [-0.39, 0.29) is 5.84 Å². The molecule has 1 aromatic carbocycles. The largest absolute Gasteiger partial charge is 0.493 e. The zero-order chi connectivity index (χ0) is 15.2. The van der Waals surface area contributed by atoms with Crippen molar-refractivity contribution in [2.75, 3.05) is 6.61 Å². The smallest absolute Gasteiger partial charge is 0.149 e. The van der Waals surface area contributed by atoms with E-state index in [1.54, 1.807) is 6.26 Å². The molecule has 0 radical (unpaired) electrons. The highest BCUT2D eigenvalue weighted by Crippen LogP contribution is 2.25.